The van der Waals surface area contributed by atoms with Crippen molar-refractivity contribution in [3.63, 3.8) is 0 Å². The van der Waals surface area contributed by atoms with Gasteiger partial charge in [-0.15, -0.1) is 11.3 Å². The third kappa shape index (κ3) is 3.49. The highest BCUT2D eigenvalue weighted by molar-refractivity contribution is 7.15. The van der Waals surface area contributed by atoms with Crippen LogP contribution in [0.4, 0.5) is 0 Å². The Bertz CT molecular complexity index is 883. The van der Waals surface area contributed by atoms with Gasteiger partial charge in [0.1, 0.15) is 0 Å². The number of rotatable bonds is 5. The molecular formula is C16H11ClN2O3S. The van der Waals surface area contributed by atoms with Gasteiger partial charge in [0.2, 0.25) is 0 Å². The number of imidazole rings is 1. The summed E-state index contributed by atoms with van der Waals surface area (Å²) < 4.78 is 6.71. The first kappa shape index (κ1) is 15.5. The molecule has 0 fully saturated rings. The van der Waals surface area contributed by atoms with Gasteiger partial charge in [-0.3, -0.25) is 9.20 Å². The fraction of sp³-hybridized carbons (Fsp3) is 0.0625. The van der Waals surface area contributed by atoms with Crippen molar-refractivity contribution < 1.29 is 14.3 Å². The number of esters is 1. The fourth-order valence-electron chi connectivity index (χ4n) is 1.97. The number of carbonyl (C=O) groups excluding carboxylic acids is 2. The average molecular weight is 347 g/mol. The minimum absolute atomic E-state index is 0.255. The van der Waals surface area contributed by atoms with Crippen LogP contribution >= 0.6 is 22.9 Å². The highest BCUT2D eigenvalue weighted by Crippen LogP contribution is 2.22. The van der Waals surface area contributed by atoms with Crippen LogP contribution in [0.15, 0.2) is 48.0 Å². The summed E-state index contributed by atoms with van der Waals surface area (Å²) in [6.07, 6.45) is 4.55. The van der Waals surface area contributed by atoms with E-state index >= 15 is 0 Å². The van der Waals surface area contributed by atoms with Crippen molar-refractivity contribution in [2.75, 3.05) is 6.61 Å². The first-order chi connectivity index (χ1) is 11.1. The molecule has 0 spiro atoms. The van der Waals surface area contributed by atoms with Crippen LogP contribution in [0.5, 0.6) is 0 Å². The van der Waals surface area contributed by atoms with E-state index in [0.29, 0.717) is 16.4 Å². The van der Waals surface area contributed by atoms with Crippen molar-refractivity contribution in [3.8, 4) is 0 Å². The summed E-state index contributed by atoms with van der Waals surface area (Å²) in [5.41, 5.74) is 1.09. The van der Waals surface area contributed by atoms with Gasteiger partial charge in [-0.2, -0.15) is 0 Å². The normalized spacial score (nSPS) is 11.2. The van der Waals surface area contributed by atoms with Crippen LogP contribution in [0.2, 0.25) is 5.15 Å². The number of Topliss-reactive ketones (excluding diaryl/α,β-unsaturated/α-hetero) is 1. The largest absolute Gasteiger partial charge is 0.454 e. The number of ether oxygens (including phenoxy) is 1. The van der Waals surface area contributed by atoms with Gasteiger partial charge in [0.25, 0.3) is 0 Å². The van der Waals surface area contributed by atoms with Crippen LogP contribution in [0.1, 0.15) is 16.1 Å². The fourth-order valence-corrected chi connectivity index (χ4v) is 2.97. The van der Waals surface area contributed by atoms with Crippen LogP contribution in [0, 0.1) is 0 Å². The monoisotopic (exact) mass is 346 g/mol. The van der Waals surface area contributed by atoms with Crippen molar-refractivity contribution in [2.24, 2.45) is 0 Å². The number of thiazole rings is 1. The molecule has 3 rings (SSSR count). The second kappa shape index (κ2) is 6.76. The number of hydrogen-bond donors (Lipinski definition) is 0. The Morgan fingerprint density at radius 2 is 2.09 bits per heavy atom. The van der Waals surface area contributed by atoms with Gasteiger partial charge in [-0.1, -0.05) is 41.9 Å². The molecule has 7 heteroatoms. The van der Waals surface area contributed by atoms with E-state index in [1.807, 2.05) is 17.6 Å². The Morgan fingerprint density at radius 3 is 2.87 bits per heavy atom. The molecule has 23 heavy (non-hydrogen) atoms. The minimum atomic E-state index is -0.615. The Balaban J connectivity index is 1.62. The predicted octanol–water partition coefficient (Wildman–Crippen LogP) is 3.49. The Labute approximate surface area is 140 Å². The first-order valence-electron chi connectivity index (χ1n) is 6.69. The third-order valence-corrected chi connectivity index (χ3v) is 4.11. The Kier molecular flexibility index (Phi) is 4.55. The first-order valence-corrected chi connectivity index (χ1v) is 7.95. The second-order valence-electron chi connectivity index (χ2n) is 4.57. The molecule has 0 saturated carbocycles. The number of hydrogen-bond acceptors (Lipinski definition) is 5. The number of ketones is 1. The lowest BCUT2D eigenvalue weighted by Gasteiger charge is -2.01. The van der Waals surface area contributed by atoms with Crippen molar-refractivity contribution in [1.29, 1.82) is 0 Å². The molecule has 0 bridgehead atoms. The van der Waals surface area contributed by atoms with E-state index in [-0.39, 0.29) is 12.4 Å². The molecule has 0 aliphatic rings. The van der Waals surface area contributed by atoms with Gasteiger partial charge in [0.05, 0.1) is 5.69 Å². The third-order valence-electron chi connectivity index (χ3n) is 3.07. The molecule has 1 aromatic carbocycles. The van der Waals surface area contributed by atoms with E-state index < -0.39 is 5.97 Å². The van der Waals surface area contributed by atoms with Gasteiger partial charge in [0, 0.05) is 23.2 Å². The Morgan fingerprint density at radius 1 is 1.30 bits per heavy atom. The van der Waals surface area contributed by atoms with Crippen molar-refractivity contribution in [3.05, 3.63) is 64.4 Å². The molecule has 0 unspecified atom stereocenters. The second-order valence-corrected chi connectivity index (χ2v) is 5.80. The maximum absolute atomic E-state index is 11.8. The van der Waals surface area contributed by atoms with E-state index in [4.69, 9.17) is 16.3 Å². The number of benzene rings is 1. The van der Waals surface area contributed by atoms with Crippen LogP contribution in [-0.2, 0) is 9.53 Å². The van der Waals surface area contributed by atoms with Gasteiger partial charge in [-0.05, 0) is 6.08 Å². The molecule has 0 radical (unpaired) electrons. The summed E-state index contributed by atoms with van der Waals surface area (Å²) >= 11 is 7.46. The molecule has 0 amide bonds. The molecule has 116 valence electrons. The number of halogens is 1. The SMILES string of the molecule is O=C(/C=C\c1c(Cl)nc2sccn12)OCC(=O)c1ccccc1. The summed E-state index contributed by atoms with van der Waals surface area (Å²) in [7, 11) is 0. The summed E-state index contributed by atoms with van der Waals surface area (Å²) in [5, 5.41) is 2.17. The summed E-state index contributed by atoms with van der Waals surface area (Å²) in [5.74, 6) is -0.870. The van der Waals surface area contributed by atoms with E-state index in [1.54, 1.807) is 28.7 Å². The van der Waals surface area contributed by atoms with Crippen LogP contribution in [0.3, 0.4) is 0 Å². The molecule has 5 nitrogen and oxygen atoms in total. The summed E-state index contributed by atoms with van der Waals surface area (Å²) in [6.45, 7) is -0.304. The quantitative estimate of drug-likeness (QED) is 0.403. The van der Waals surface area contributed by atoms with E-state index in [0.717, 1.165) is 4.96 Å². The summed E-state index contributed by atoms with van der Waals surface area (Å²) in [6, 6.07) is 8.66. The maximum Gasteiger partial charge on any atom is 0.331 e. The van der Waals surface area contributed by atoms with E-state index in [9.17, 15) is 9.59 Å². The molecule has 0 N–H and O–H groups in total. The smallest absolute Gasteiger partial charge is 0.331 e. The highest BCUT2D eigenvalue weighted by Gasteiger charge is 2.10. The van der Waals surface area contributed by atoms with Crippen molar-refractivity contribution >= 4 is 45.7 Å². The zero-order valence-corrected chi connectivity index (χ0v) is 13.4. The number of nitrogens with zero attached hydrogens (tertiary/aromatic N) is 2. The number of carbonyl (C=O) groups is 2. The minimum Gasteiger partial charge on any atom is -0.454 e. The molecule has 3 aromatic rings. The zero-order valence-electron chi connectivity index (χ0n) is 11.8. The Hall–Kier alpha value is -2.44. The maximum atomic E-state index is 11.8. The van der Waals surface area contributed by atoms with E-state index in [1.165, 1.54) is 23.5 Å². The summed E-state index contributed by atoms with van der Waals surface area (Å²) in [4.78, 5) is 28.5. The molecule has 0 aliphatic heterocycles. The van der Waals surface area contributed by atoms with Gasteiger partial charge < -0.3 is 4.74 Å². The molecule has 0 aliphatic carbocycles. The van der Waals surface area contributed by atoms with Crippen LogP contribution in [0.25, 0.3) is 11.0 Å². The zero-order chi connectivity index (χ0) is 16.2. The van der Waals surface area contributed by atoms with Gasteiger partial charge in [-0.25, -0.2) is 9.78 Å². The predicted molar refractivity (Wildman–Crippen MR) is 88.8 cm³/mol. The molecule has 2 aromatic heterocycles. The lowest BCUT2D eigenvalue weighted by Crippen LogP contribution is -2.12. The standard InChI is InChI=1S/C16H11ClN2O3S/c17-15-12(19-8-9-23-16(19)18-15)6-7-14(21)22-10-13(20)11-4-2-1-3-5-11/h1-9H,10H2/b7-6-. The number of fused-ring (bicyclic) bond motifs is 1. The van der Waals surface area contributed by atoms with Gasteiger partial charge in [0.15, 0.2) is 22.5 Å². The lowest BCUT2D eigenvalue weighted by atomic mass is 10.1. The molecule has 0 saturated heterocycles. The molecular weight excluding hydrogens is 336 g/mol. The average Bonchev–Trinajstić information content (AvgIpc) is 3.12. The topological polar surface area (TPSA) is 60.7 Å². The van der Waals surface area contributed by atoms with Crippen LogP contribution < -0.4 is 0 Å². The molecule has 2 heterocycles. The van der Waals surface area contributed by atoms with Crippen molar-refractivity contribution in [2.45, 2.75) is 0 Å². The highest BCUT2D eigenvalue weighted by atomic mass is 35.5. The van der Waals surface area contributed by atoms with E-state index in [2.05, 4.69) is 4.98 Å². The molecule has 0 atom stereocenters. The van der Waals surface area contributed by atoms with Crippen LogP contribution in [-0.4, -0.2) is 27.7 Å². The number of aromatic nitrogens is 2. The lowest BCUT2D eigenvalue weighted by molar-refractivity contribution is -0.136. The van der Waals surface area contributed by atoms with Gasteiger partial charge >= 0.3 is 5.97 Å². The van der Waals surface area contributed by atoms with Crippen molar-refractivity contribution in [1.82, 2.24) is 9.38 Å².